The smallest absolute Gasteiger partial charge is 0.0336 e. The van der Waals surface area contributed by atoms with Gasteiger partial charge < -0.3 is 4.90 Å². The molecule has 0 spiro atoms. The van der Waals surface area contributed by atoms with Crippen LogP contribution in [0.15, 0.2) is 35.5 Å². The first kappa shape index (κ1) is 13.4. The van der Waals surface area contributed by atoms with Crippen LogP contribution in [0.1, 0.15) is 27.7 Å². The van der Waals surface area contributed by atoms with E-state index >= 15 is 0 Å². The summed E-state index contributed by atoms with van der Waals surface area (Å²) >= 11 is 6.06. The zero-order valence-electron chi connectivity index (χ0n) is 10.8. The van der Waals surface area contributed by atoms with Gasteiger partial charge in [-0.1, -0.05) is 37.8 Å². The van der Waals surface area contributed by atoms with Crippen molar-refractivity contribution in [2.75, 3.05) is 6.54 Å². The van der Waals surface area contributed by atoms with Gasteiger partial charge in [0.25, 0.3) is 0 Å². The van der Waals surface area contributed by atoms with E-state index in [1.54, 1.807) is 0 Å². The summed E-state index contributed by atoms with van der Waals surface area (Å²) < 4.78 is 0. The third-order valence-electron chi connectivity index (χ3n) is 3.73. The Balaban J connectivity index is 3.08. The molecule has 1 heterocycles. The summed E-state index contributed by atoms with van der Waals surface area (Å²) in [5, 5.41) is 0.738. The molecular weight excluding hydrogens is 218 g/mol. The van der Waals surface area contributed by atoms with Crippen molar-refractivity contribution in [1.29, 1.82) is 0 Å². The molecule has 0 aromatic heterocycles. The Bertz CT molecular complexity index is 330. The Kier molecular flexibility index (Phi) is 4.26. The predicted octanol–water partition coefficient (Wildman–Crippen LogP) is 4.18. The molecule has 3 atom stereocenters. The van der Waals surface area contributed by atoms with Gasteiger partial charge in [-0.2, -0.15) is 0 Å². The fraction of sp³-hybridized carbons (Fsp3) is 0.571. The number of hydrogen-bond acceptors (Lipinski definition) is 1. The molecule has 90 valence electrons. The van der Waals surface area contributed by atoms with Gasteiger partial charge in [0, 0.05) is 35.2 Å². The molecule has 1 rings (SSSR count). The van der Waals surface area contributed by atoms with E-state index in [0.29, 0.717) is 12.0 Å². The van der Waals surface area contributed by atoms with Gasteiger partial charge in [0.1, 0.15) is 0 Å². The van der Waals surface area contributed by atoms with Crippen molar-refractivity contribution in [3.8, 4) is 0 Å². The SMILES string of the molecule is C=C(Cl)[C@H](C)C1/C(=C\C)C(=C)N(CC)[C@@H]1C. The number of allylic oxidation sites excluding steroid dienone is 3. The van der Waals surface area contributed by atoms with Gasteiger partial charge in [-0.15, -0.1) is 0 Å². The number of halogens is 1. The summed E-state index contributed by atoms with van der Waals surface area (Å²) in [6.07, 6.45) is 2.16. The van der Waals surface area contributed by atoms with E-state index in [2.05, 4.69) is 51.8 Å². The molecule has 1 aliphatic rings. The lowest BCUT2D eigenvalue weighted by Crippen LogP contribution is -2.31. The van der Waals surface area contributed by atoms with Crippen LogP contribution in [-0.2, 0) is 0 Å². The van der Waals surface area contributed by atoms with E-state index in [4.69, 9.17) is 11.6 Å². The predicted molar refractivity (Wildman–Crippen MR) is 72.4 cm³/mol. The van der Waals surface area contributed by atoms with E-state index in [-0.39, 0.29) is 5.92 Å². The second-order valence-corrected chi connectivity index (χ2v) is 4.96. The summed E-state index contributed by atoms with van der Waals surface area (Å²) in [5.41, 5.74) is 2.47. The second-order valence-electron chi connectivity index (χ2n) is 4.48. The average molecular weight is 240 g/mol. The maximum atomic E-state index is 6.06. The zero-order valence-corrected chi connectivity index (χ0v) is 11.5. The van der Waals surface area contributed by atoms with Crippen LogP contribution in [0.5, 0.6) is 0 Å². The van der Waals surface area contributed by atoms with Gasteiger partial charge in [-0.25, -0.2) is 0 Å². The first-order valence-corrected chi connectivity index (χ1v) is 6.29. The van der Waals surface area contributed by atoms with Gasteiger partial charge in [0.15, 0.2) is 0 Å². The second kappa shape index (κ2) is 5.09. The number of nitrogens with zero attached hydrogens (tertiary/aromatic N) is 1. The van der Waals surface area contributed by atoms with Gasteiger partial charge in [-0.05, 0) is 26.3 Å². The third-order valence-corrected chi connectivity index (χ3v) is 4.08. The number of hydrogen-bond donors (Lipinski definition) is 0. The van der Waals surface area contributed by atoms with E-state index in [1.165, 1.54) is 5.57 Å². The summed E-state index contributed by atoms with van der Waals surface area (Å²) in [5.74, 6) is 0.707. The van der Waals surface area contributed by atoms with E-state index < -0.39 is 0 Å². The first-order valence-electron chi connectivity index (χ1n) is 5.92. The molecule has 1 unspecified atom stereocenters. The van der Waals surface area contributed by atoms with Crippen LogP contribution in [0, 0.1) is 11.8 Å². The zero-order chi connectivity index (χ0) is 12.5. The fourth-order valence-corrected chi connectivity index (χ4v) is 2.91. The molecular formula is C14H22ClN. The van der Waals surface area contributed by atoms with Gasteiger partial charge in [0.05, 0.1) is 0 Å². The van der Waals surface area contributed by atoms with Crippen molar-refractivity contribution in [3.63, 3.8) is 0 Å². The Morgan fingerprint density at radius 1 is 1.62 bits per heavy atom. The molecule has 1 aliphatic heterocycles. The maximum absolute atomic E-state index is 6.06. The number of likely N-dealkylation sites (tertiary alicyclic amines) is 1. The van der Waals surface area contributed by atoms with E-state index in [9.17, 15) is 0 Å². The highest BCUT2D eigenvalue weighted by atomic mass is 35.5. The monoisotopic (exact) mass is 239 g/mol. The molecule has 1 saturated heterocycles. The summed E-state index contributed by atoms with van der Waals surface area (Å²) in [4.78, 5) is 2.34. The van der Waals surface area contributed by atoms with Gasteiger partial charge in [-0.3, -0.25) is 0 Å². The molecule has 0 radical (unpaired) electrons. The van der Waals surface area contributed by atoms with Crippen molar-refractivity contribution in [1.82, 2.24) is 4.90 Å². The summed E-state index contributed by atoms with van der Waals surface area (Å²) in [7, 11) is 0. The molecule has 16 heavy (non-hydrogen) atoms. The molecule has 0 bridgehead atoms. The lowest BCUT2D eigenvalue weighted by molar-refractivity contribution is 0.260. The van der Waals surface area contributed by atoms with Crippen LogP contribution < -0.4 is 0 Å². The van der Waals surface area contributed by atoms with E-state index in [1.807, 2.05) is 0 Å². The Morgan fingerprint density at radius 3 is 2.56 bits per heavy atom. The lowest BCUT2D eigenvalue weighted by Gasteiger charge is -2.27. The molecule has 2 heteroatoms. The average Bonchev–Trinajstić information content (AvgIpc) is 2.48. The van der Waals surface area contributed by atoms with Crippen LogP contribution in [0.3, 0.4) is 0 Å². The van der Waals surface area contributed by atoms with Crippen LogP contribution in [0.4, 0.5) is 0 Å². The third kappa shape index (κ3) is 2.06. The minimum absolute atomic E-state index is 0.288. The highest BCUT2D eigenvalue weighted by Gasteiger charge is 2.39. The highest BCUT2D eigenvalue weighted by molar-refractivity contribution is 6.29. The van der Waals surface area contributed by atoms with Gasteiger partial charge >= 0.3 is 0 Å². The minimum atomic E-state index is 0.288. The van der Waals surface area contributed by atoms with Crippen LogP contribution in [0.2, 0.25) is 0 Å². The Morgan fingerprint density at radius 2 is 2.19 bits per heavy atom. The van der Waals surface area contributed by atoms with Crippen molar-refractivity contribution in [2.45, 2.75) is 33.7 Å². The summed E-state index contributed by atoms with van der Waals surface area (Å²) in [6.45, 7) is 17.7. The standard InChI is InChI=1S/C14H22ClN/c1-7-13-11(5)16(8-2)12(6)14(13)9(3)10(4)15/h7,9,12,14H,4-5,8H2,1-3,6H3/b13-7-/t9-,12+,14?/m0/s1. The highest BCUT2D eigenvalue weighted by Crippen LogP contribution is 2.43. The topological polar surface area (TPSA) is 3.24 Å². The molecule has 0 saturated carbocycles. The minimum Gasteiger partial charge on any atom is -0.369 e. The largest absolute Gasteiger partial charge is 0.369 e. The van der Waals surface area contributed by atoms with Crippen molar-refractivity contribution < 1.29 is 0 Å². The quantitative estimate of drug-likeness (QED) is 0.715. The molecule has 0 aromatic carbocycles. The number of likely N-dealkylation sites (N-methyl/N-ethyl adjacent to an activating group) is 1. The first-order chi connectivity index (χ1) is 7.45. The molecule has 0 aliphatic carbocycles. The molecule has 0 amide bonds. The van der Waals surface area contributed by atoms with Crippen molar-refractivity contribution in [3.05, 3.63) is 35.5 Å². The normalized spacial score (nSPS) is 29.9. The molecule has 1 fully saturated rings. The number of rotatable bonds is 3. The van der Waals surface area contributed by atoms with E-state index in [0.717, 1.165) is 17.3 Å². The summed E-state index contributed by atoms with van der Waals surface area (Å²) in [6, 6.07) is 0.453. The Labute approximate surface area is 104 Å². The van der Waals surface area contributed by atoms with Gasteiger partial charge in [0.2, 0.25) is 0 Å². The Hall–Kier alpha value is -0.690. The van der Waals surface area contributed by atoms with Crippen LogP contribution in [0.25, 0.3) is 0 Å². The van der Waals surface area contributed by atoms with Crippen LogP contribution >= 0.6 is 11.6 Å². The van der Waals surface area contributed by atoms with Crippen molar-refractivity contribution in [2.24, 2.45) is 11.8 Å². The molecule has 0 N–H and O–H groups in total. The van der Waals surface area contributed by atoms with Crippen LogP contribution in [-0.4, -0.2) is 17.5 Å². The molecule has 0 aromatic rings. The van der Waals surface area contributed by atoms with Crippen molar-refractivity contribution >= 4 is 11.6 Å². The maximum Gasteiger partial charge on any atom is 0.0336 e. The molecule has 1 nitrogen and oxygen atoms in total. The fourth-order valence-electron chi connectivity index (χ4n) is 2.78. The lowest BCUT2D eigenvalue weighted by atomic mass is 9.84.